The molecule has 1 rings (SSSR count). The van der Waals surface area contributed by atoms with Gasteiger partial charge in [0.1, 0.15) is 0 Å². The SMILES string of the molecule is Cc1cccc(C)c1C(N)C(C)O. The van der Waals surface area contributed by atoms with Crippen LogP contribution in [0.1, 0.15) is 29.7 Å². The quantitative estimate of drug-likeness (QED) is 0.725. The Hall–Kier alpha value is -0.860. The normalized spacial score (nSPS) is 15.5. The molecule has 0 bridgehead atoms. The number of aryl methyl sites for hydroxylation is 2. The van der Waals surface area contributed by atoms with Crippen LogP contribution in [0, 0.1) is 13.8 Å². The van der Waals surface area contributed by atoms with Crippen molar-refractivity contribution in [3.05, 3.63) is 34.9 Å². The molecule has 2 unspecified atom stereocenters. The van der Waals surface area contributed by atoms with Crippen molar-refractivity contribution in [2.75, 3.05) is 0 Å². The van der Waals surface area contributed by atoms with Crippen molar-refractivity contribution in [1.29, 1.82) is 0 Å². The summed E-state index contributed by atoms with van der Waals surface area (Å²) in [5.41, 5.74) is 9.25. The summed E-state index contributed by atoms with van der Waals surface area (Å²) in [6, 6.07) is 5.76. The summed E-state index contributed by atoms with van der Waals surface area (Å²) in [4.78, 5) is 0. The third kappa shape index (κ3) is 2.08. The number of nitrogens with two attached hydrogens (primary N) is 1. The summed E-state index contributed by atoms with van der Waals surface area (Å²) in [6.45, 7) is 5.76. The first-order valence-corrected chi connectivity index (χ1v) is 4.53. The molecule has 0 radical (unpaired) electrons. The largest absolute Gasteiger partial charge is 0.391 e. The summed E-state index contributed by atoms with van der Waals surface area (Å²) >= 11 is 0. The van der Waals surface area contributed by atoms with Crippen molar-refractivity contribution in [2.24, 2.45) is 5.73 Å². The van der Waals surface area contributed by atoms with E-state index >= 15 is 0 Å². The van der Waals surface area contributed by atoms with E-state index < -0.39 is 6.10 Å². The smallest absolute Gasteiger partial charge is 0.0704 e. The van der Waals surface area contributed by atoms with Crippen LogP contribution in [-0.4, -0.2) is 11.2 Å². The van der Waals surface area contributed by atoms with E-state index in [0.717, 1.165) is 16.7 Å². The fourth-order valence-electron chi connectivity index (χ4n) is 1.59. The van der Waals surface area contributed by atoms with Crippen LogP contribution in [0.25, 0.3) is 0 Å². The van der Waals surface area contributed by atoms with E-state index in [4.69, 9.17) is 5.73 Å². The number of aliphatic hydroxyl groups is 1. The monoisotopic (exact) mass is 179 g/mol. The van der Waals surface area contributed by atoms with Crippen molar-refractivity contribution in [1.82, 2.24) is 0 Å². The minimum atomic E-state index is -0.500. The van der Waals surface area contributed by atoms with E-state index in [-0.39, 0.29) is 6.04 Å². The zero-order valence-electron chi connectivity index (χ0n) is 8.41. The Morgan fingerprint density at radius 3 is 2.08 bits per heavy atom. The molecule has 0 aromatic heterocycles. The molecule has 0 saturated carbocycles. The number of rotatable bonds is 2. The molecule has 72 valence electrons. The van der Waals surface area contributed by atoms with E-state index in [0.29, 0.717) is 0 Å². The van der Waals surface area contributed by atoms with Gasteiger partial charge in [0.15, 0.2) is 0 Å². The Morgan fingerprint density at radius 2 is 1.69 bits per heavy atom. The van der Waals surface area contributed by atoms with Gasteiger partial charge >= 0.3 is 0 Å². The van der Waals surface area contributed by atoms with Crippen LogP contribution >= 0.6 is 0 Å². The van der Waals surface area contributed by atoms with Crippen LogP contribution in [0.4, 0.5) is 0 Å². The zero-order valence-corrected chi connectivity index (χ0v) is 8.41. The molecule has 0 fully saturated rings. The number of benzene rings is 1. The van der Waals surface area contributed by atoms with Gasteiger partial charge in [-0.05, 0) is 37.5 Å². The van der Waals surface area contributed by atoms with Gasteiger partial charge < -0.3 is 10.8 Å². The average molecular weight is 179 g/mol. The van der Waals surface area contributed by atoms with Crippen molar-refractivity contribution in [3.8, 4) is 0 Å². The van der Waals surface area contributed by atoms with Gasteiger partial charge in [0.05, 0.1) is 12.1 Å². The van der Waals surface area contributed by atoms with E-state index in [1.807, 2.05) is 32.0 Å². The molecule has 1 aromatic rings. The van der Waals surface area contributed by atoms with Crippen molar-refractivity contribution >= 4 is 0 Å². The van der Waals surface area contributed by atoms with Crippen LogP contribution < -0.4 is 5.73 Å². The molecule has 3 N–H and O–H groups in total. The van der Waals surface area contributed by atoms with Crippen LogP contribution in [0.3, 0.4) is 0 Å². The molecule has 0 saturated heterocycles. The summed E-state index contributed by atoms with van der Waals surface area (Å²) in [5.74, 6) is 0. The molecule has 2 nitrogen and oxygen atoms in total. The lowest BCUT2D eigenvalue weighted by Gasteiger charge is -2.19. The number of hydrogen-bond donors (Lipinski definition) is 2. The second-order valence-electron chi connectivity index (χ2n) is 3.57. The first kappa shape index (κ1) is 10.2. The van der Waals surface area contributed by atoms with E-state index in [1.54, 1.807) is 6.92 Å². The molecule has 1 aromatic carbocycles. The zero-order chi connectivity index (χ0) is 10.0. The third-order valence-corrected chi connectivity index (χ3v) is 2.40. The highest BCUT2D eigenvalue weighted by molar-refractivity contribution is 5.36. The fourth-order valence-corrected chi connectivity index (χ4v) is 1.59. The van der Waals surface area contributed by atoms with Gasteiger partial charge in [0.2, 0.25) is 0 Å². The predicted octanol–water partition coefficient (Wildman–Crippen LogP) is 1.68. The third-order valence-electron chi connectivity index (χ3n) is 2.40. The van der Waals surface area contributed by atoms with Crippen LogP contribution in [0.15, 0.2) is 18.2 Å². The highest BCUT2D eigenvalue weighted by Gasteiger charge is 2.15. The maximum absolute atomic E-state index is 9.40. The van der Waals surface area contributed by atoms with Crippen LogP contribution in [0.2, 0.25) is 0 Å². The molecule has 13 heavy (non-hydrogen) atoms. The Kier molecular flexibility index (Phi) is 3.07. The lowest BCUT2D eigenvalue weighted by Crippen LogP contribution is -2.24. The molecule has 0 aliphatic carbocycles. The Labute approximate surface area is 79.4 Å². The van der Waals surface area contributed by atoms with Crippen molar-refractivity contribution < 1.29 is 5.11 Å². The van der Waals surface area contributed by atoms with Gasteiger partial charge in [-0.15, -0.1) is 0 Å². The lowest BCUT2D eigenvalue weighted by atomic mass is 9.94. The maximum atomic E-state index is 9.40. The molecule has 0 aliphatic rings. The molecule has 0 amide bonds. The van der Waals surface area contributed by atoms with Crippen LogP contribution in [-0.2, 0) is 0 Å². The fraction of sp³-hybridized carbons (Fsp3) is 0.455. The number of aliphatic hydroxyl groups excluding tert-OH is 1. The lowest BCUT2D eigenvalue weighted by molar-refractivity contribution is 0.163. The molecule has 2 atom stereocenters. The second-order valence-corrected chi connectivity index (χ2v) is 3.57. The molecule has 2 heteroatoms. The number of hydrogen-bond acceptors (Lipinski definition) is 2. The minimum Gasteiger partial charge on any atom is -0.391 e. The minimum absolute atomic E-state index is 0.277. The van der Waals surface area contributed by atoms with Gasteiger partial charge in [-0.3, -0.25) is 0 Å². The standard InChI is InChI=1S/C11H17NO/c1-7-5-4-6-8(2)10(7)11(12)9(3)13/h4-6,9,11,13H,12H2,1-3H3. The highest BCUT2D eigenvalue weighted by atomic mass is 16.3. The Balaban J connectivity index is 3.12. The first-order chi connectivity index (χ1) is 6.04. The van der Waals surface area contributed by atoms with E-state index in [9.17, 15) is 5.11 Å². The summed E-state index contributed by atoms with van der Waals surface area (Å²) < 4.78 is 0. The van der Waals surface area contributed by atoms with E-state index in [2.05, 4.69) is 0 Å². The summed E-state index contributed by atoms with van der Waals surface area (Å²) in [6.07, 6.45) is -0.500. The molecular formula is C11H17NO. The van der Waals surface area contributed by atoms with Gasteiger partial charge in [-0.1, -0.05) is 18.2 Å². The molecule has 0 heterocycles. The second kappa shape index (κ2) is 3.90. The molecular weight excluding hydrogens is 162 g/mol. The van der Waals surface area contributed by atoms with Gasteiger partial charge in [0.25, 0.3) is 0 Å². The predicted molar refractivity (Wildman–Crippen MR) is 54.5 cm³/mol. The Morgan fingerprint density at radius 1 is 1.23 bits per heavy atom. The molecule has 0 aliphatic heterocycles. The highest BCUT2D eigenvalue weighted by Crippen LogP contribution is 2.22. The maximum Gasteiger partial charge on any atom is 0.0704 e. The van der Waals surface area contributed by atoms with Crippen LogP contribution in [0.5, 0.6) is 0 Å². The Bertz CT molecular complexity index is 274. The summed E-state index contributed by atoms with van der Waals surface area (Å²) in [7, 11) is 0. The average Bonchev–Trinajstić information content (AvgIpc) is 2.03. The summed E-state index contributed by atoms with van der Waals surface area (Å²) in [5, 5.41) is 9.40. The topological polar surface area (TPSA) is 46.2 Å². The van der Waals surface area contributed by atoms with Crippen molar-refractivity contribution in [3.63, 3.8) is 0 Å². The van der Waals surface area contributed by atoms with Gasteiger partial charge in [-0.2, -0.15) is 0 Å². The van der Waals surface area contributed by atoms with Gasteiger partial charge in [0, 0.05) is 0 Å². The first-order valence-electron chi connectivity index (χ1n) is 4.53. The van der Waals surface area contributed by atoms with Crippen molar-refractivity contribution in [2.45, 2.75) is 32.9 Å². The van der Waals surface area contributed by atoms with E-state index in [1.165, 1.54) is 0 Å². The van der Waals surface area contributed by atoms with Gasteiger partial charge in [-0.25, -0.2) is 0 Å². The molecule has 0 spiro atoms.